The number of thiazole rings is 1. The maximum atomic E-state index is 11.8. The van der Waals surface area contributed by atoms with Crippen molar-refractivity contribution in [1.82, 2.24) is 25.2 Å². The summed E-state index contributed by atoms with van der Waals surface area (Å²) < 4.78 is 12.8. The molecule has 31 heavy (non-hydrogen) atoms. The molecule has 0 fully saturated rings. The molecule has 2 aromatic carbocycles. The molecule has 0 aliphatic carbocycles. The van der Waals surface area contributed by atoms with Crippen LogP contribution in [0.4, 0.5) is 9.93 Å². The second-order valence-corrected chi connectivity index (χ2v) is 7.69. The Labute approximate surface area is 183 Å². The summed E-state index contributed by atoms with van der Waals surface area (Å²) >= 11 is 1.32. The number of rotatable bonds is 8. The first-order valence-corrected chi connectivity index (χ1v) is 10.8. The van der Waals surface area contributed by atoms with E-state index in [1.807, 2.05) is 48.7 Å². The van der Waals surface area contributed by atoms with Crippen LogP contribution in [0.3, 0.4) is 0 Å². The van der Waals surface area contributed by atoms with E-state index in [1.165, 1.54) is 11.3 Å². The van der Waals surface area contributed by atoms with Crippen LogP contribution < -0.4 is 10.1 Å². The highest BCUT2D eigenvalue weighted by atomic mass is 32.1. The molecule has 10 heteroatoms. The zero-order chi connectivity index (χ0) is 21.6. The summed E-state index contributed by atoms with van der Waals surface area (Å²) in [5.74, 6) is 1.26. The molecule has 2 heterocycles. The number of aryl methyl sites for hydroxylation is 1. The number of ether oxygens (including phenoxy) is 2. The normalized spacial score (nSPS) is 10.9. The van der Waals surface area contributed by atoms with Gasteiger partial charge in [-0.05, 0) is 33.7 Å². The number of anilines is 1. The molecule has 0 saturated carbocycles. The third-order valence-corrected chi connectivity index (χ3v) is 5.41. The van der Waals surface area contributed by atoms with Gasteiger partial charge in [-0.25, -0.2) is 14.5 Å². The number of carbonyl (C=O) groups is 1. The highest BCUT2D eigenvalue weighted by Crippen LogP contribution is 2.36. The van der Waals surface area contributed by atoms with Gasteiger partial charge < -0.3 is 9.47 Å². The first-order valence-electron chi connectivity index (χ1n) is 9.91. The van der Waals surface area contributed by atoms with Crippen molar-refractivity contribution in [1.29, 1.82) is 0 Å². The number of fused-ring (bicyclic) bond motifs is 1. The molecule has 0 aliphatic rings. The van der Waals surface area contributed by atoms with Crippen LogP contribution >= 0.6 is 11.3 Å². The minimum Gasteiger partial charge on any atom is -0.486 e. The molecule has 1 amide bonds. The number of aromatic nitrogens is 5. The van der Waals surface area contributed by atoms with Gasteiger partial charge in [-0.3, -0.25) is 5.32 Å². The predicted octanol–water partition coefficient (Wildman–Crippen LogP) is 4.41. The Balaban J connectivity index is 1.51. The van der Waals surface area contributed by atoms with Crippen LogP contribution in [0.15, 0.2) is 41.8 Å². The molecule has 0 saturated heterocycles. The van der Waals surface area contributed by atoms with Gasteiger partial charge in [0.1, 0.15) is 12.4 Å². The van der Waals surface area contributed by atoms with Crippen molar-refractivity contribution >= 4 is 33.3 Å². The average Bonchev–Trinajstić information content (AvgIpc) is 3.40. The van der Waals surface area contributed by atoms with Gasteiger partial charge >= 0.3 is 6.09 Å². The third-order valence-electron chi connectivity index (χ3n) is 4.60. The van der Waals surface area contributed by atoms with Crippen molar-refractivity contribution in [2.45, 2.75) is 26.4 Å². The molecule has 0 aliphatic heterocycles. The van der Waals surface area contributed by atoms with Gasteiger partial charge in [0.2, 0.25) is 0 Å². The van der Waals surface area contributed by atoms with Crippen LogP contribution in [0.5, 0.6) is 5.75 Å². The van der Waals surface area contributed by atoms with E-state index in [1.54, 1.807) is 11.7 Å². The number of hydrogen-bond acceptors (Lipinski definition) is 8. The zero-order valence-corrected chi connectivity index (χ0v) is 18.1. The number of carbonyl (C=O) groups excluding carboxylic acids is 1. The fraction of sp³-hybridized carbons (Fsp3) is 0.286. The van der Waals surface area contributed by atoms with Crippen LogP contribution in [-0.2, 0) is 18.4 Å². The molecule has 4 rings (SSSR count). The molecule has 0 atom stereocenters. The molecule has 160 valence electrons. The summed E-state index contributed by atoms with van der Waals surface area (Å²) in [6.07, 6.45) is 1.30. The second-order valence-electron chi connectivity index (χ2n) is 6.83. The smallest absolute Gasteiger partial charge is 0.413 e. The Hall–Kier alpha value is -3.53. The van der Waals surface area contributed by atoms with E-state index < -0.39 is 6.09 Å². The zero-order valence-electron chi connectivity index (χ0n) is 17.2. The van der Waals surface area contributed by atoms with E-state index in [0.29, 0.717) is 29.0 Å². The summed E-state index contributed by atoms with van der Waals surface area (Å²) in [7, 11) is 1.79. The maximum Gasteiger partial charge on any atom is 0.413 e. The third kappa shape index (κ3) is 4.80. The number of amides is 1. The standard InChI is InChI=1S/C21H22N6O3S/c1-3-4-11-29-21(28)23-20-22-15(13-31-20)12-30-17-10-9-14-7-5-6-8-16(14)18(17)19-24-25-26-27(19)2/h5-10,13H,3-4,11-12H2,1-2H3,(H,22,23,28). The first-order chi connectivity index (χ1) is 15.2. The lowest BCUT2D eigenvalue weighted by Gasteiger charge is -2.12. The van der Waals surface area contributed by atoms with Crippen LogP contribution in [0, 0.1) is 0 Å². The summed E-state index contributed by atoms with van der Waals surface area (Å²) in [6, 6.07) is 11.9. The molecule has 0 unspecified atom stereocenters. The highest BCUT2D eigenvalue weighted by Gasteiger charge is 2.17. The number of hydrogen-bond donors (Lipinski definition) is 1. The number of nitrogens with one attached hydrogen (secondary N) is 1. The number of benzene rings is 2. The predicted molar refractivity (Wildman–Crippen MR) is 118 cm³/mol. The molecule has 9 nitrogen and oxygen atoms in total. The number of nitrogens with zero attached hydrogens (tertiary/aromatic N) is 5. The van der Waals surface area contributed by atoms with Crippen LogP contribution in [0.25, 0.3) is 22.2 Å². The Morgan fingerprint density at radius 2 is 2.10 bits per heavy atom. The van der Waals surface area contributed by atoms with Gasteiger partial charge in [0.25, 0.3) is 0 Å². The lowest BCUT2D eigenvalue weighted by Crippen LogP contribution is -2.14. The topological polar surface area (TPSA) is 104 Å². The monoisotopic (exact) mass is 438 g/mol. The molecule has 0 bridgehead atoms. The van der Waals surface area contributed by atoms with Crippen molar-refractivity contribution in [3.8, 4) is 17.1 Å². The Morgan fingerprint density at radius 3 is 2.90 bits per heavy atom. The fourth-order valence-corrected chi connectivity index (χ4v) is 3.74. The molecule has 1 N–H and O–H groups in total. The van der Waals surface area contributed by atoms with Gasteiger partial charge in [0.15, 0.2) is 11.0 Å². The summed E-state index contributed by atoms with van der Waals surface area (Å²) in [4.78, 5) is 16.2. The van der Waals surface area contributed by atoms with Crippen LogP contribution in [-0.4, -0.2) is 37.9 Å². The average molecular weight is 439 g/mol. The Bertz CT molecular complexity index is 1190. The van der Waals surface area contributed by atoms with Crippen LogP contribution in [0.2, 0.25) is 0 Å². The summed E-state index contributed by atoms with van der Waals surface area (Å²) in [5.41, 5.74) is 1.52. The minimum absolute atomic E-state index is 0.236. The van der Waals surface area contributed by atoms with Crippen LogP contribution in [0.1, 0.15) is 25.5 Å². The summed E-state index contributed by atoms with van der Waals surface area (Å²) in [6.45, 7) is 2.67. The minimum atomic E-state index is -0.498. The van der Waals surface area contributed by atoms with Gasteiger partial charge in [0, 0.05) is 12.4 Å². The molecular formula is C21H22N6O3S. The Kier molecular flexibility index (Phi) is 6.37. The maximum absolute atomic E-state index is 11.8. The number of tetrazole rings is 1. The van der Waals surface area contributed by atoms with Crippen molar-refractivity contribution in [3.63, 3.8) is 0 Å². The van der Waals surface area contributed by atoms with Crippen molar-refractivity contribution in [2.75, 3.05) is 11.9 Å². The van der Waals surface area contributed by atoms with Gasteiger partial charge in [-0.15, -0.1) is 16.4 Å². The lowest BCUT2D eigenvalue weighted by molar-refractivity contribution is 0.160. The van der Waals surface area contributed by atoms with Gasteiger partial charge in [0.05, 0.1) is 17.9 Å². The molecule has 0 radical (unpaired) electrons. The van der Waals surface area contributed by atoms with Crippen molar-refractivity contribution < 1.29 is 14.3 Å². The quantitative estimate of drug-likeness (QED) is 0.406. The molecule has 4 aromatic rings. The van der Waals surface area contributed by atoms with E-state index in [-0.39, 0.29) is 6.61 Å². The van der Waals surface area contributed by atoms with Gasteiger partial charge in [-0.2, -0.15) is 0 Å². The lowest BCUT2D eigenvalue weighted by atomic mass is 10.0. The Morgan fingerprint density at radius 1 is 1.23 bits per heavy atom. The van der Waals surface area contributed by atoms with E-state index >= 15 is 0 Å². The van der Waals surface area contributed by atoms with E-state index in [9.17, 15) is 4.79 Å². The van der Waals surface area contributed by atoms with E-state index in [0.717, 1.165) is 29.2 Å². The highest BCUT2D eigenvalue weighted by molar-refractivity contribution is 7.13. The van der Waals surface area contributed by atoms with E-state index in [4.69, 9.17) is 9.47 Å². The van der Waals surface area contributed by atoms with E-state index in [2.05, 4.69) is 25.8 Å². The SMILES string of the molecule is CCCCOC(=O)Nc1nc(COc2ccc3ccccc3c2-c2nnnn2C)cs1. The van der Waals surface area contributed by atoms with Gasteiger partial charge in [-0.1, -0.05) is 43.7 Å². The number of unbranched alkanes of at least 4 members (excludes halogenated alkanes) is 1. The van der Waals surface area contributed by atoms with Crippen molar-refractivity contribution in [2.24, 2.45) is 7.05 Å². The largest absolute Gasteiger partial charge is 0.486 e. The van der Waals surface area contributed by atoms with Crippen molar-refractivity contribution in [3.05, 3.63) is 47.5 Å². The molecule has 2 aromatic heterocycles. The first kappa shape index (κ1) is 20.7. The molecular weight excluding hydrogens is 416 g/mol. The summed E-state index contributed by atoms with van der Waals surface area (Å²) in [5, 5.41) is 18.9. The second kappa shape index (κ2) is 9.52. The molecule has 0 spiro atoms. The fourth-order valence-electron chi connectivity index (χ4n) is 3.06.